The molecule has 0 fully saturated rings. The molecule has 0 amide bonds. The first-order valence-corrected chi connectivity index (χ1v) is 7.40. The third-order valence-corrected chi connectivity index (χ3v) is 4.48. The molecule has 1 N–H and O–H groups in total. The molecule has 0 heterocycles. The van der Waals surface area contributed by atoms with E-state index in [-0.39, 0.29) is 13.1 Å². The van der Waals surface area contributed by atoms with Gasteiger partial charge >= 0.3 is 5.97 Å². The number of carbonyl (C=O) groups is 1. The molecule has 1 aromatic rings. The van der Waals surface area contributed by atoms with Crippen LogP contribution in [0.1, 0.15) is 0 Å². The number of hydrogen-bond donors (Lipinski definition) is 1. The number of likely N-dealkylation sites (N-methyl/N-ethyl adjacent to an activating group) is 1. The minimum Gasteiger partial charge on any atom is -0.480 e. The lowest BCUT2D eigenvalue weighted by molar-refractivity contribution is -0.137. The highest BCUT2D eigenvalue weighted by atomic mass is 32.2. The van der Waals surface area contributed by atoms with Crippen LogP contribution in [-0.2, 0) is 14.8 Å². The molecule has 0 saturated heterocycles. The SMILES string of the molecule is CN(C)CCN(CC(=O)O)S(=O)(=O)c1cc(F)ccc1F. The first-order chi connectivity index (χ1) is 9.64. The van der Waals surface area contributed by atoms with E-state index >= 15 is 0 Å². The molecule has 0 radical (unpaired) electrons. The van der Waals surface area contributed by atoms with Crippen LogP contribution in [0.4, 0.5) is 8.78 Å². The summed E-state index contributed by atoms with van der Waals surface area (Å²) in [6.07, 6.45) is 0. The van der Waals surface area contributed by atoms with Crippen molar-refractivity contribution in [3.8, 4) is 0 Å². The second-order valence-corrected chi connectivity index (χ2v) is 6.52. The average molecular weight is 322 g/mol. The van der Waals surface area contributed by atoms with E-state index in [1.165, 1.54) is 0 Å². The summed E-state index contributed by atoms with van der Waals surface area (Å²) < 4.78 is 52.0. The summed E-state index contributed by atoms with van der Waals surface area (Å²) in [7, 11) is -1.08. The molecule has 0 unspecified atom stereocenters. The molecule has 0 aliphatic carbocycles. The molecular weight excluding hydrogens is 306 g/mol. The molecule has 0 spiro atoms. The number of carboxylic acid groups (broad SMARTS) is 1. The number of carboxylic acids is 1. The predicted octanol–water partition coefficient (Wildman–Crippen LogP) is 0.602. The van der Waals surface area contributed by atoms with Crippen molar-refractivity contribution in [3.05, 3.63) is 29.8 Å². The first-order valence-electron chi connectivity index (χ1n) is 5.96. The summed E-state index contributed by atoms with van der Waals surface area (Å²) in [6.45, 7) is -0.743. The van der Waals surface area contributed by atoms with Crippen molar-refractivity contribution >= 4 is 16.0 Å². The molecule has 0 aliphatic rings. The van der Waals surface area contributed by atoms with E-state index in [9.17, 15) is 22.0 Å². The summed E-state index contributed by atoms with van der Waals surface area (Å²) in [5.41, 5.74) is 0. The lowest BCUT2D eigenvalue weighted by Gasteiger charge is -2.22. The molecule has 1 aromatic carbocycles. The highest BCUT2D eigenvalue weighted by Crippen LogP contribution is 2.20. The van der Waals surface area contributed by atoms with Gasteiger partial charge in [-0.3, -0.25) is 4.79 Å². The van der Waals surface area contributed by atoms with Gasteiger partial charge in [0.15, 0.2) is 0 Å². The highest BCUT2D eigenvalue weighted by molar-refractivity contribution is 7.89. The number of halogens is 2. The fourth-order valence-corrected chi connectivity index (χ4v) is 3.02. The number of sulfonamides is 1. The molecule has 1 rings (SSSR count). The van der Waals surface area contributed by atoms with Gasteiger partial charge in [0.05, 0.1) is 0 Å². The summed E-state index contributed by atoms with van der Waals surface area (Å²) in [4.78, 5) is 11.6. The van der Waals surface area contributed by atoms with E-state index < -0.39 is 39.1 Å². The zero-order chi connectivity index (χ0) is 16.2. The number of benzene rings is 1. The van der Waals surface area contributed by atoms with E-state index in [2.05, 4.69) is 0 Å². The van der Waals surface area contributed by atoms with Crippen LogP contribution in [0.3, 0.4) is 0 Å². The highest BCUT2D eigenvalue weighted by Gasteiger charge is 2.29. The summed E-state index contributed by atoms with van der Waals surface area (Å²) >= 11 is 0. The minimum absolute atomic E-state index is 0.155. The van der Waals surface area contributed by atoms with Crippen molar-refractivity contribution in [3.63, 3.8) is 0 Å². The van der Waals surface area contributed by atoms with E-state index in [1.807, 2.05) is 0 Å². The number of hydrogen-bond acceptors (Lipinski definition) is 4. The van der Waals surface area contributed by atoms with Gasteiger partial charge in [-0.05, 0) is 32.3 Å². The van der Waals surface area contributed by atoms with Gasteiger partial charge in [0.1, 0.15) is 23.1 Å². The molecule has 9 heteroatoms. The second kappa shape index (κ2) is 6.92. The topological polar surface area (TPSA) is 77.9 Å². The molecule has 21 heavy (non-hydrogen) atoms. The van der Waals surface area contributed by atoms with Crippen LogP contribution in [0.15, 0.2) is 23.1 Å². The number of nitrogens with zero attached hydrogens (tertiary/aromatic N) is 2. The van der Waals surface area contributed by atoms with Gasteiger partial charge in [0.25, 0.3) is 0 Å². The van der Waals surface area contributed by atoms with Gasteiger partial charge in [-0.25, -0.2) is 17.2 Å². The molecule has 0 atom stereocenters. The van der Waals surface area contributed by atoms with Crippen LogP contribution in [0.5, 0.6) is 0 Å². The number of aliphatic carboxylic acids is 1. The Morgan fingerprint density at radius 3 is 2.38 bits per heavy atom. The van der Waals surface area contributed by atoms with Gasteiger partial charge in [-0.15, -0.1) is 0 Å². The van der Waals surface area contributed by atoms with Crippen LogP contribution in [0.2, 0.25) is 0 Å². The summed E-state index contributed by atoms with van der Waals surface area (Å²) in [5.74, 6) is -3.43. The monoisotopic (exact) mass is 322 g/mol. The fraction of sp³-hybridized carbons (Fsp3) is 0.417. The lowest BCUT2D eigenvalue weighted by Crippen LogP contribution is -2.40. The van der Waals surface area contributed by atoms with Crippen LogP contribution in [0, 0.1) is 11.6 Å². The van der Waals surface area contributed by atoms with Gasteiger partial charge in [0.2, 0.25) is 10.0 Å². The smallest absolute Gasteiger partial charge is 0.318 e. The third kappa shape index (κ3) is 4.73. The number of rotatable bonds is 7. The maximum Gasteiger partial charge on any atom is 0.318 e. The van der Waals surface area contributed by atoms with Crippen LogP contribution in [-0.4, -0.2) is 62.4 Å². The third-order valence-electron chi connectivity index (χ3n) is 2.62. The Morgan fingerprint density at radius 1 is 1.24 bits per heavy atom. The van der Waals surface area contributed by atoms with E-state index in [0.29, 0.717) is 16.4 Å². The Kier molecular flexibility index (Phi) is 5.76. The van der Waals surface area contributed by atoms with Crippen LogP contribution in [0.25, 0.3) is 0 Å². The van der Waals surface area contributed by atoms with E-state index in [4.69, 9.17) is 5.11 Å². The van der Waals surface area contributed by atoms with Crippen LogP contribution < -0.4 is 0 Å². The average Bonchev–Trinajstić information content (AvgIpc) is 2.36. The molecular formula is C12H16F2N2O4S. The quantitative estimate of drug-likeness (QED) is 0.795. The summed E-state index contributed by atoms with van der Waals surface area (Å²) in [5, 5.41) is 8.80. The lowest BCUT2D eigenvalue weighted by atomic mass is 10.3. The maximum absolute atomic E-state index is 13.6. The van der Waals surface area contributed by atoms with Gasteiger partial charge in [-0.2, -0.15) is 4.31 Å². The van der Waals surface area contributed by atoms with Crippen molar-refractivity contribution in [1.82, 2.24) is 9.21 Å². The second-order valence-electron chi connectivity index (χ2n) is 4.61. The normalized spacial score (nSPS) is 12.1. The van der Waals surface area contributed by atoms with Crippen molar-refractivity contribution in [2.45, 2.75) is 4.90 Å². The van der Waals surface area contributed by atoms with E-state index in [1.54, 1.807) is 19.0 Å². The summed E-state index contributed by atoms with van der Waals surface area (Å²) in [6, 6.07) is 2.01. The van der Waals surface area contributed by atoms with Crippen molar-refractivity contribution in [1.29, 1.82) is 0 Å². The molecule has 118 valence electrons. The molecule has 6 nitrogen and oxygen atoms in total. The molecule has 0 aliphatic heterocycles. The van der Waals surface area contributed by atoms with Crippen molar-refractivity contribution < 1.29 is 27.1 Å². The van der Waals surface area contributed by atoms with Crippen molar-refractivity contribution in [2.75, 3.05) is 33.7 Å². The molecule has 0 aromatic heterocycles. The van der Waals surface area contributed by atoms with Crippen molar-refractivity contribution in [2.24, 2.45) is 0 Å². The zero-order valence-corrected chi connectivity index (χ0v) is 12.4. The zero-order valence-electron chi connectivity index (χ0n) is 11.6. The minimum atomic E-state index is -4.43. The Hall–Kier alpha value is -1.58. The largest absolute Gasteiger partial charge is 0.480 e. The van der Waals surface area contributed by atoms with Gasteiger partial charge in [-0.1, -0.05) is 0 Å². The Bertz CT molecular complexity index is 620. The molecule has 0 bridgehead atoms. The Labute approximate surface area is 121 Å². The van der Waals surface area contributed by atoms with E-state index in [0.717, 1.165) is 6.07 Å². The Balaban J connectivity index is 3.19. The first kappa shape index (κ1) is 17.5. The Morgan fingerprint density at radius 2 is 1.86 bits per heavy atom. The predicted molar refractivity (Wildman–Crippen MR) is 71.3 cm³/mol. The standard InChI is InChI=1S/C12H16F2N2O4S/c1-15(2)5-6-16(8-12(17)18)21(19,20)11-7-9(13)3-4-10(11)14/h3-4,7H,5-6,8H2,1-2H3,(H,17,18). The van der Waals surface area contributed by atoms with Gasteiger partial charge < -0.3 is 10.0 Å². The van der Waals surface area contributed by atoms with Crippen LogP contribution >= 0.6 is 0 Å². The fourth-order valence-electron chi connectivity index (χ4n) is 1.56. The van der Waals surface area contributed by atoms with Gasteiger partial charge in [0, 0.05) is 13.1 Å². The maximum atomic E-state index is 13.6. The molecule has 0 saturated carbocycles.